The summed E-state index contributed by atoms with van der Waals surface area (Å²) < 4.78 is 50.1. The molecule has 0 saturated carbocycles. The molecule has 3 aromatic rings. The molecule has 3 aromatic carbocycles. The first-order valence-corrected chi connectivity index (χ1v) is 13.0. The third kappa shape index (κ3) is 6.65. The number of aryl methyl sites for hydroxylation is 1. The van der Waals surface area contributed by atoms with Crippen molar-refractivity contribution in [2.75, 3.05) is 38.8 Å². The molecular formula is C27H32N2O7S. The highest BCUT2D eigenvalue weighted by Gasteiger charge is 2.30. The quantitative estimate of drug-likeness (QED) is 0.380. The van der Waals surface area contributed by atoms with E-state index >= 15 is 0 Å². The number of benzene rings is 3. The Morgan fingerprint density at radius 3 is 2.14 bits per heavy atom. The van der Waals surface area contributed by atoms with Crippen LogP contribution in [0.4, 0.5) is 5.69 Å². The maximum Gasteiger partial charge on any atom is 0.268 e. The number of methoxy groups -OCH3 is 3. The number of rotatable bonds is 12. The van der Waals surface area contributed by atoms with E-state index in [0.717, 1.165) is 15.4 Å². The molecule has 0 bridgehead atoms. The second-order valence-corrected chi connectivity index (χ2v) is 9.89. The summed E-state index contributed by atoms with van der Waals surface area (Å²) in [7, 11) is 0.299. The third-order valence-corrected chi connectivity index (χ3v) is 7.34. The van der Waals surface area contributed by atoms with Crippen LogP contribution in [0.1, 0.15) is 18.1 Å². The second-order valence-electron chi connectivity index (χ2n) is 8.06. The Bertz CT molecular complexity index is 1330. The Kier molecular flexibility index (Phi) is 9.24. The van der Waals surface area contributed by atoms with Gasteiger partial charge in [-0.3, -0.25) is 9.10 Å². The lowest BCUT2D eigenvalue weighted by Gasteiger charge is -2.25. The Morgan fingerprint density at radius 2 is 1.51 bits per heavy atom. The van der Waals surface area contributed by atoms with E-state index in [4.69, 9.17) is 18.9 Å². The first kappa shape index (κ1) is 27.7. The van der Waals surface area contributed by atoms with Crippen LogP contribution in [0.15, 0.2) is 65.6 Å². The normalized spacial score (nSPS) is 10.9. The Labute approximate surface area is 218 Å². The summed E-state index contributed by atoms with van der Waals surface area (Å²) in [5.41, 5.74) is 1.82. The summed E-state index contributed by atoms with van der Waals surface area (Å²) in [5, 5.41) is 2.79. The topological polar surface area (TPSA) is 103 Å². The number of nitrogens with zero attached hydrogens (tertiary/aromatic N) is 1. The molecule has 0 aliphatic heterocycles. The molecule has 0 aliphatic carbocycles. The minimum absolute atomic E-state index is 0.0309. The van der Waals surface area contributed by atoms with E-state index in [1.54, 1.807) is 68.6 Å². The molecule has 0 fully saturated rings. The van der Waals surface area contributed by atoms with Crippen LogP contribution in [0.5, 0.6) is 23.0 Å². The maximum atomic E-state index is 13.8. The monoisotopic (exact) mass is 528 g/mol. The van der Waals surface area contributed by atoms with E-state index in [0.29, 0.717) is 29.5 Å². The number of ether oxygens (including phenoxy) is 4. The second kappa shape index (κ2) is 12.4. The van der Waals surface area contributed by atoms with Crippen molar-refractivity contribution in [3.05, 3.63) is 71.8 Å². The molecule has 0 aliphatic rings. The van der Waals surface area contributed by atoms with Gasteiger partial charge in [0.25, 0.3) is 10.0 Å². The van der Waals surface area contributed by atoms with Crippen LogP contribution in [-0.4, -0.2) is 48.8 Å². The van der Waals surface area contributed by atoms with Crippen molar-refractivity contribution < 1.29 is 32.2 Å². The number of hydrogen-bond acceptors (Lipinski definition) is 7. The van der Waals surface area contributed by atoms with Crippen molar-refractivity contribution in [3.63, 3.8) is 0 Å². The number of hydrogen-bond donors (Lipinski definition) is 1. The first-order valence-electron chi connectivity index (χ1n) is 11.6. The van der Waals surface area contributed by atoms with Gasteiger partial charge in [0.2, 0.25) is 5.91 Å². The van der Waals surface area contributed by atoms with Crippen LogP contribution in [0.2, 0.25) is 0 Å². The number of nitrogens with one attached hydrogen (secondary N) is 1. The highest BCUT2D eigenvalue weighted by molar-refractivity contribution is 7.93. The highest BCUT2D eigenvalue weighted by atomic mass is 32.2. The molecule has 0 unspecified atom stereocenters. The summed E-state index contributed by atoms with van der Waals surface area (Å²) >= 11 is 0. The van der Waals surface area contributed by atoms with Gasteiger partial charge >= 0.3 is 0 Å². The maximum absolute atomic E-state index is 13.8. The predicted octanol–water partition coefficient (Wildman–Crippen LogP) is 3.93. The van der Waals surface area contributed by atoms with Crippen molar-refractivity contribution in [2.24, 2.45) is 0 Å². The van der Waals surface area contributed by atoms with Crippen molar-refractivity contribution in [2.45, 2.75) is 25.3 Å². The molecule has 10 heteroatoms. The Hall–Kier alpha value is -3.92. The van der Waals surface area contributed by atoms with Crippen molar-refractivity contribution >= 4 is 21.6 Å². The minimum atomic E-state index is -4.17. The van der Waals surface area contributed by atoms with E-state index in [9.17, 15) is 13.2 Å². The SMILES string of the molecule is CCOc1ccc(N(CC(=O)NCc2ccc(OC)c(OC)c2)S(=O)(=O)c2cc(C)ccc2OC)cc1. The number of carbonyl (C=O) groups is 1. The molecule has 1 amide bonds. The number of carbonyl (C=O) groups excluding carboxylic acids is 1. The Balaban J connectivity index is 1.91. The number of sulfonamides is 1. The molecule has 0 atom stereocenters. The van der Waals surface area contributed by atoms with E-state index < -0.39 is 22.5 Å². The van der Waals surface area contributed by atoms with Gasteiger partial charge in [-0.15, -0.1) is 0 Å². The molecule has 1 N–H and O–H groups in total. The molecular weight excluding hydrogens is 496 g/mol. The van der Waals surface area contributed by atoms with E-state index in [1.165, 1.54) is 20.3 Å². The fourth-order valence-electron chi connectivity index (χ4n) is 3.67. The lowest BCUT2D eigenvalue weighted by atomic mass is 10.2. The van der Waals surface area contributed by atoms with Crippen LogP contribution in [0, 0.1) is 6.92 Å². The largest absolute Gasteiger partial charge is 0.495 e. The van der Waals surface area contributed by atoms with E-state index in [1.807, 2.05) is 6.92 Å². The molecule has 0 radical (unpaired) electrons. The van der Waals surface area contributed by atoms with Gasteiger partial charge in [0.1, 0.15) is 22.9 Å². The van der Waals surface area contributed by atoms with Gasteiger partial charge in [-0.25, -0.2) is 8.42 Å². The summed E-state index contributed by atoms with van der Waals surface area (Å²) in [6.45, 7) is 3.85. The molecule has 9 nitrogen and oxygen atoms in total. The van der Waals surface area contributed by atoms with Crippen molar-refractivity contribution in [3.8, 4) is 23.0 Å². The summed E-state index contributed by atoms with van der Waals surface area (Å²) in [6.07, 6.45) is 0. The minimum Gasteiger partial charge on any atom is -0.495 e. The number of amides is 1. The van der Waals surface area contributed by atoms with Crippen LogP contribution >= 0.6 is 0 Å². The average Bonchev–Trinajstić information content (AvgIpc) is 2.91. The highest BCUT2D eigenvalue weighted by Crippen LogP contribution is 2.32. The van der Waals surface area contributed by atoms with Gasteiger partial charge in [0, 0.05) is 6.54 Å². The molecule has 0 saturated heterocycles. The van der Waals surface area contributed by atoms with Gasteiger partial charge in [-0.1, -0.05) is 12.1 Å². The zero-order valence-electron chi connectivity index (χ0n) is 21.6. The molecule has 0 spiro atoms. The lowest BCUT2D eigenvalue weighted by molar-refractivity contribution is -0.119. The van der Waals surface area contributed by atoms with E-state index in [2.05, 4.69) is 5.32 Å². The first-order chi connectivity index (χ1) is 17.7. The summed E-state index contributed by atoms with van der Waals surface area (Å²) in [4.78, 5) is 13.0. The van der Waals surface area contributed by atoms with Crippen molar-refractivity contribution in [1.82, 2.24) is 5.32 Å². The molecule has 198 valence electrons. The van der Waals surface area contributed by atoms with Gasteiger partial charge in [0.15, 0.2) is 11.5 Å². The van der Waals surface area contributed by atoms with Gasteiger partial charge in [-0.2, -0.15) is 0 Å². The Morgan fingerprint density at radius 1 is 0.865 bits per heavy atom. The molecule has 37 heavy (non-hydrogen) atoms. The van der Waals surface area contributed by atoms with Gasteiger partial charge in [0.05, 0.1) is 33.6 Å². The summed E-state index contributed by atoms with van der Waals surface area (Å²) in [6, 6.07) is 16.7. The fourth-order valence-corrected chi connectivity index (χ4v) is 5.34. The molecule has 0 heterocycles. The van der Waals surface area contributed by atoms with Crippen LogP contribution < -0.4 is 28.6 Å². The van der Waals surface area contributed by atoms with E-state index in [-0.39, 0.29) is 17.2 Å². The zero-order chi connectivity index (χ0) is 27.0. The third-order valence-electron chi connectivity index (χ3n) is 5.55. The van der Waals surface area contributed by atoms with Crippen LogP contribution in [-0.2, 0) is 21.4 Å². The van der Waals surface area contributed by atoms with Crippen LogP contribution in [0.25, 0.3) is 0 Å². The fraction of sp³-hybridized carbons (Fsp3) is 0.296. The smallest absolute Gasteiger partial charge is 0.268 e. The van der Waals surface area contributed by atoms with Crippen molar-refractivity contribution in [1.29, 1.82) is 0 Å². The standard InChI is InChI=1S/C27H32N2O7S/c1-6-36-22-11-9-21(10-12-22)29(37(31,32)26-15-19(2)7-13-24(26)34-4)18-27(30)28-17-20-8-14-23(33-3)25(16-20)35-5/h7-16H,6,17-18H2,1-5H3,(H,28,30). The number of anilines is 1. The zero-order valence-corrected chi connectivity index (χ0v) is 22.4. The lowest BCUT2D eigenvalue weighted by Crippen LogP contribution is -2.40. The molecule has 0 aromatic heterocycles. The average molecular weight is 529 g/mol. The van der Waals surface area contributed by atoms with Gasteiger partial charge in [-0.05, 0) is 73.5 Å². The predicted molar refractivity (Wildman–Crippen MR) is 141 cm³/mol. The summed E-state index contributed by atoms with van der Waals surface area (Å²) in [5.74, 6) is 1.39. The molecule has 3 rings (SSSR count). The van der Waals surface area contributed by atoms with Gasteiger partial charge < -0.3 is 24.3 Å². The van der Waals surface area contributed by atoms with Crippen LogP contribution in [0.3, 0.4) is 0 Å².